The lowest BCUT2D eigenvalue weighted by Gasteiger charge is -2.31. The molecule has 2 aromatic heterocycles. The zero-order valence-electron chi connectivity index (χ0n) is 15.2. The minimum atomic E-state index is -1.06. The average molecular weight is 364 g/mol. The van der Waals surface area contributed by atoms with Crippen molar-refractivity contribution in [3.8, 4) is 0 Å². The fraction of sp³-hybridized carbons (Fsp3) is 0.250. The minimum Gasteiger partial charge on any atom is -0.277 e. The summed E-state index contributed by atoms with van der Waals surface area (Å²) in [4.78, 5) is 42.2. The molecular weight excluding hydrogens is 344 g/mol. The van der Waals surface area contributed by atoms with Gasteiger partial charge in [-0.2, -0.15) is 0 Å². The molecule has 2 N–H and O–H groups in total. The van der Waals surface area contributed by atoms with Gasteiger partial charge in [-0.3, -0.25) is 30.2 Å². The zero-order chi connectivity index (χ0) is 19.4. The van der Waals surface area contributed by atoms with E-state index in [0.29, 0.717) is 12.8 Å². The number of fused-ring (bicyclic) bond motifs is 3. The normalized spacial score (nSPS) is 15.7. The van der Waals surface area contributed by atoms with Crippen molar-refractivity contribution in [3.05, 3.63) is 48.8 Å². The summed E-state index contributed by atoms with van der Waals surface area (Å²) in [6.45, 7) is 3.50. The lowest BCUT2D eigenvalue weighted by atomic mass is 9.79. The summed E-state index contributed by atoms with van der Waals surface area (Å²) < 4.78 is 0. The number of hydrogen-bond donors (Lipinski definition) is 2. The minimum absolute atomic E-state index is 0.397. The fourth-order valence-corrected chi connectivity index (χ4v) is 3.15. The highest BCUT2D eigenvalue weighted by Crippen LogP contribution is 2.28. The summed E-state index contributed by atoms with van der Waals surface area (Å²) in [6.07, 6.45) is 4.40. The maximum absolute atomic E-state index is 11.4. The molecule has 4 rings (SSSR count). The van der Waals surface area contributed by atoms with Gasteiger partial charge in [-0.25, -0.2) is 4.79 Å². The van der Waals surface area contributed by atoms with Gasteiger partial charge in [0, 0.05) is 23.2 Å². The summed E-state index contributed by atoms with van der Waals surface area (Å²) in [6, 6.07) is 11.4. The summed E-state index contributed by atoms with van der Waals surface area (Å²) in [5, 5.41) is 6.46. The van der Waals surface area contributed by atoms with Crippen LogP contribution in [0.5, 0.6) is 0 Å². The third kappa shape index (κ3) is 3.36. The topological polar surface area (TPSA) is 101 Å². The average Bonchev–Trinajstić information content (AvgIpc) is 2.69. The standard InChI is InChI=1S/C12H8N2.C8H12N2O3/c1-3-9-5-6-10-4-2-8-14-12(10)11(9)13-7-1;1-3-8(4-2)5(11)9-7(13)10-6(8)12/h1-8H;3-4H2,1-2H3,(H2,9,10,11,12,13). The lowest BCUT2D eigenvalue weighted by Crippen LogP contribution is -2.61. The molecule has 1 saturated heterocycles. The molecule has 4 amide bonds. The third-order valence-electron chi connectivity index (χ3n) is 4.88. The highest BCUT2D eigenvalue weighted by molar-refractivity contribution is 6.19. The Morgan fingerprint density at radius 1 is 0.778 bits per heavy atom. The quantitative estimate of drug-likeness (QED) is 0.538. The number of barbiturate groups is 1. The summed E-state index contributed by atoms with van der Waals surface area (Å²) in [5.41, 5.74) is 0.893. The Bertz CT molecular complexity index is 951. The van der Waals surface area contributed by atoms with Crippen molar-refractivity contribution in [1.29, 1.82) is 0 Å². The van der Waals surface area contributed by atoms with Gasteiger partial charge in [-0.15, -0.1) is 0 Å². The van der Waals surface area contributed by atoms with E-state index in [1.165, 1.54) is 0 Å². The van der Waals surface area contributed by atoms with Gasteiger partial charge in [0.1, 0.15) is 5.41 Å². The fourth-order valence-electron chi connectivity index (χ4n) is 3.15. The van der Waals surface area contributed by atoms with Crippen molar-refractivity contribution in [2.45, 2.75) is 26.7 Å². The Morgan fingerprint density at radius 3 is 1.63 bits per heavy atom. The molecule has 0 spiro atoms. The molecule has 0 unspecified atom stereocenters. The van der Waals surface area contributed by atoms with Crippen LogP contribution in [0.25, 0.3) is 21.8 Å². The van der Waals surface area contributed by atoms with Gasteiger partial charge in [-0.1, -0.05) is 38.1 Å². The van der Waals surface area contributed by atoms with Crippen LogP contribution in [-0.4, -0.2) is 27.8 Å². The van der Waals surface area contributed by atoms with Crippen LogP contribution in [0.3, 0.4) is 0 Å². The molecule has 1 fully saturated rings. The van der Waals surface area contributed by atoms with E-state index >= 15 is 0 Å². The maximum Gasteiger partial charge on any atom is 0.328 e. The Morgan fingerprint density at radius 2 is 1.22 bits per heavy atom. The number of nitrogens with zero attached hydrogens (tertiary/aromatic N) is 2. The van der Waals surface area contributed by atoms with Crippen LogP contribution in [0, 0.1) is 5.41 Å². The second kappa shape index (κ2) is 7.49. The van der Waals surface area contributed by atoms with Gasteiger partial charge in [0.15, 0.2) is 0 Å². The van der Waals surface area contributed by atoms with E-state index in [0.717, 1.165) is 21.8 Å². The predicted octanol–water partition coefficient (Wildman–Crippen LogP) is 2.94. The monoisotopic (exact) mass is 364 g/mol. The molecule has 3 aromatic rings. The van der Waals surface area contributed by atoms with E-state index in [2.05, 4.69) is 44.9 Å². The van der Waals surface area contributed by atoms with Crippen LogP contribution >= 0.6 is 0 Å². The number of benzene rings is 1. The molecule has 0 radical (unpaired) electrons. The molecule has 7 heteroatoms. The van der Waals surface area contributed by atoms with Crippen LogP contribution in [0.4, 0.5) is 4.79 Å². The summed E-state index contributed by atoms with van der Waals surface area (Å²) >= 11 is 0. The Kier molecular flexibility index (Phi) is 5.12. The molecule has 0 saturated carbocycles. The number of hydrogen-bond acceptors (Lipinski definition) is 5. The van der Waals surface area contributed by atoms with Crippen LogP contribution in [-0.2, 0) is 9.59 Å². The van der Waals surface area contributed by atoms with Crippen LogP contribution in [0.15, 0.2) is 48.8 Å². The number of carbonyl (C=O) groups excluding carboxylic acids is 3. The van der Waals surface area contributed by atoms with E-state index in [-0.39, 0.29) is 0 Å². The van der Waals surface area contributed by atoms with E-state index in [1.807, 2.05) is 12.1 Å². The van der Waals surface area contributed by atoms with Gasteiger partial charge in [0.05, 0.1) is 11.0 Å². The number of carbonyl (C=O) groups is 3. The van der Waals surface area contributed by atoms with E-state index in [4.69, 9.17) is 0 Å². The smallest absolute Gasteiger partial charge is 0.277 e. The van der Waals surface area contributed by atoms with Gasteiger partial charge in [0.2, 0.25) is 11.8 Å². The zero-order valence-corrected chi connectivity index (χ0v) is 15.2. The number of imide groups is 2. The molecule has 7 nitrogen and oxygen atoms in total. The molecule has 0 bridgehead atoms. The highest BCUT2D eigenvalue weighted by atomic mass is 16.2. The van der Waals surface area contributed by atoms with Gasteiger partial charge in [-0.05, 0) is 25.0 Å². The van der Waals surface area contributed by atoms with Crippen molar-refractivity contribution in [2.75, 3.05) is 0 Å². The maximum atomic E-state index is 11.4. The number of urea groups is 1. The first-order chi connectivity index (χ1) is 13.0. The van der Waals surface area contributed by atoms with Crippen molar-refractivity contribution < 1.29 is 14.4 Å². The number of aromatic nitrogens is 2. The molecule has 138 valence electrons. The van der Waals surface area contributed by atoms with Crippen LogP contribution in [0.1, 0.15) is 26.7 Å². The van der Waals surface area contributed by atoms with Crippen molar-refractivity contribution in [3.63, 3.8) is 0 Å². The molecule has 0 aliphatic carbocycles. The molecule has 1 aliphatic rings. The predicted molar refractivity (Wildman–Crippen MR) is 102 cm³/mol. The lowest BCUT2D eigenvalue weighted by molar-refractivity contribution is -0.144. The second-order valence-corrected chi connectivity index (χ2v) is 6.24. The van der Waals surface area contributed by atoms with Gasteiger partial charge in [0.25, 0.3) is 0 Å². The third-order valence-corrected chi connectivity index (χ3v) is 4.88. The summed E-state index contributed by atoms with van der Waals surface area (Å²) in [7, 11) is 0. The largest absolute Gasteiger partial charge is 0.328 e. The van der Waals surface area contributed by atoms with Crippen LogP contribution in [0.2, 0.25) is 0 Å². The molecule has 1 aliphatic heterocycles. The highest BCUT2D eigenvalue weighted by Gasteiger charge is 2.47. The van der Waals surface area contributed by atoms with Crippen molar-refractivity contribution in [1.82, 2.24) is 20.6 Å². The SMILES string of the molecule is CCC1(CC)C(=O)NC(=O)NC1=O.c1cnc2c(c1)ccc1cccnc12. The van der Waals surface area contributed by atoms with Gasteiger partial charge < -0.3 is 0 Å². The first-order valence-electron chi connectivity index (χ1n) is 8.77. The number of pyridine rings is 2. The first-order valence-corrected chi connectivity index (χ1v) is 8.77. The van der Waals surface area contributed by atoms with Crippen molar-refractivity contribution in [2.24, 2.45) is 5.41 Å². The number of amides is 4. The van der Waals surface area contributed by atoms with E-state index in [1.54, 1.807) is 26.2 Å². The Hall–Kier alpha value is -3.35. The Balaban J connectivity index is 0.000000157. The molecule has 3 heterocycles. The molecule has 0 atom stereocenters. The molecule has 1 aromatic carbocycles. The number of rotatable bonds is 2. The first kappa shape index (κ1) is 18.4. The number of nitrogens with one attached hydrogen (secondary N) is 2. The second-order valence-electron chi connectivity index (χ2n) is 6.24. The molecular formula is C20H20N4O3. The van der Waals surface area contributed by atoms with E-state index in [9.17, 15) is 14.4 Å². The molecule has 27 heavy (non-hydrogen) atoms. The Labute approximate surface area is 156 Å². The van der Waals surface area contributed by atoms with Crippen LogP contribution < -0.4 is 10.6 Å². The van der Waals surface area contributed by atoms with E-state index < -0.39 is 23.3 Å². The van der Waals surface area contributed by atoms with Gasteiger partial charge >= 0.3 is 6.03 Å². The summed E-state index contributed by atoms with van der Waals surface area (Å²) in [5.74, 6) is -0.988. The van der Waals surface area contributed by atoms with Crippen molar-refractivity contribution >= 4 is 39.7 Å².